The van der Waals surface area contributed by atoms with Gasteiger partial charge in [0.15, 0.2) is 0 Å². The molecule has 4 nitrogen and oxygen atoms in total. The number of aromatic nitrogens is 3. The van der Waals surface area contributed by atoms with Gasteiger partial charge < -0.3 is 14.4 Å². The van der Waals surface area contributed by atoms with E-state index in [1.54, 1.807) is 60.7 Å². The molecule has 47 heavy (non-hydrogen) atoms. The Hall–Kier alpha value is -5.22. The van der Waals surface area contributed by atoms with E-state index in [0.29, 0.717) is 22.2 Å². The van der Waals surface area contributed by atoms with Gasteiger partial charge in [0.25, 0.3) is 0 Å². The quantitative estimate of drug-likeness (QED) is 0.157. The van der Waals surface area contributed by atoms with E-state index < -0.39 is 19.6 Å². The first kappa shape index (κ1) is 24.0. The molecule has 0 aliphatic heterocycles. The predicted molar refractivity (Wildman–Crippen MR) is 186 cm³/mol. The van der Waals surface area contributed by atoms with Crippen molar-refractivity contribution >= 4 is 22.1 Å². The van der Waals surface area contributed by atoms with Gasteiger partial charge in [0.1, 0.15) is 0 Å². The summed E-state index contributed by atoms with van der Waals surface area (Å²) in [6.45, 7) is -2.09. The second-order valence-electron chi connectivity index (χ2n) is 10.4. The average molecular weight is 793 g/mol. The molecule has 0 unspecified atom stereocenters. The van der Waals surface area contributed by atoms with E-state index in [1.165, 1.54) is 12.3 Å². The molecule has 1 radical (unpaired) electrons. The zero-order valence-electron chi connectivity index (χ0n) is 31.9. The molecule has 5 heteroatoms. The summed E-state index contributed by atoms with van der Waals surface area (Å²) in [5.41, 5.74) is 6.30. The zero-order valence-corrected chi connectivity index (χ0v) is 27.3. The summed E-state index contributed by atoms with van der Waals surface area (Å²) in [5, 5.41) is 1.52. The fourth-order valence-corrected chi connectivity index (χ4v) is 4.99. The second kappa shape index (κ2) is 14.9. The Morgan fingerprint density at radius 2 is 1.45 bits per heavy atom. The molecule has 0 N–H and O–H groups in total. The number of hydrogen-bond donors (Lipinski definition) is 0. The largest absolute Gasteiger partial charge is 0.486 e. The van der Waals surface area contributed by atoms with Crippen LogP contribution >= 0.6 is 0 Å². The van der Waals surface area contributed by atoms with Gasteiger partial charge in [-0.15, -0.1) is 54.1 Å². The van der Waals surface area contributed by atoms with E-state index in [0.717, 1.165) is 27.8 Å². The van der Waals surface area contributed by atoms with Crippen LogP contribution in [0.1, 0.15) is 26.4 Å². The number of pyridine rings is 3. The number of furan rings is 1. The van der Waals surface area contributed by atoms with Gasteiger partial charge in [0.05, 0.1) is 5.58 Å². The molecule has 4 heterocycles. The maximum atomic E-state index is 8.66. The van der Waals surface area contributed by atoms with Crippen LogP contribution in [0.2, 0.25) is 0 Å². The molecule has 0 saturated heterocycles. The number of benzene rings is 4. The topological polar surface area (TPSA) is 51.8 Å². The van der Waals surface area contributed by atoms with Crippen molar-refractivity contribution in [3.05, 3.63) is 175 Å². The van der Waals surface area contributed by atoms with Crippen LogP contribution in [0.3, 0.4) is 0 Å². The molecule has 0 aliphatic carbocycles. The normalized spacial score (nSPS) is 13.7. The first-order valence-electron chi connectivity index (χ1n) is 18.2. The molecule has 0 bridgehead atoms. The van der Waals surface area contributed by atoms with Crippen molar-refractivity contribution in [3.8, 4) is 33.6 Å². The number of rotatable bonds is 6. The molecule has 231 valence electrons. The van der Waals surface area contributed by atoms with E-state index >= 15 is 0 Å². The van der Waals surface area contributed by atoms with Gasteiger partial charge in [-0.25, -0.2) is 4.98 Å². The summed E-state index contributed by atoms with van der Waals surface area (Å²) in [7, 11) is 0. The molecular formula is C42H31IrN3O-2. The van der Waals surface area contributed by atoms with Crippen LogP contribution in [0.4, 0.5) is 0 Å². The third kappa shape index (κ3) is 7.44. The van der Waals surface area contributed by atoms with Gasteiger partial charge in [0.2, 0.25) is 5.71 Å². The molecule has 4 aromatic heterocycles. The van der Waals surface area contributed by atoms with E-state index in [1.807, 2.05) is 72.9 Å². The number of aryl methyl sites for hydroxylation is 3. The number of fused-ring (bicyclic) bond motifs is 3. The monoisotopic (exact) mass is 793 g/mol. The van der Waals surface area contributed by atoms with Gasteiger partial charge in [-0.05, 0) is 65.4 Å². The van der Waals surface area contributed by atoms with Gasteiger partial charge in [-0.1, -0.05) is 95.9 Å². The van der Waals surface area contributed by atoms with Crippen molar-refractivity contribution < 1.29 is 34.1 Å². The summed E-state index contributed by atoms with van der Waals surface area (Å²) in [6, 6.07) is 46.2. The summed E-state index contributed by atoms with van der Waals surface area (Å²) in [4.78, 5) is 13.2. The Kier molecular flexibility index (Phi) is 7.62. The van der Waals surface area contributed by atoms with Gasteiger partial charge in [0, 0.05) is 53.2 Å². The summed E-state index contributed by atoms with van der Waals surface area (Å²) in [6.07, 6.45) is -1.49. The number of nitrogens with zero attached hydrogens (tertiary/aromatic N) is 3. The van der Waals surface area contributed by atoms with Crippen LogP contribution in [0, 0.1) is 19.0 Å². The average Bonchev–Trinajstić information content (AvgIpc) is 3.57. The van der Waals surface area contributed by atoms with Crippen LogP contribution in [-0.2, 0) is 32.9 Å². The van der Waals surface area contributed by atoms with Crippen LogP contribution in [0.25, 0.3) is 55.7 Å². The van der Waals surface area contributed by atoms with Crippen molar-refractivity contribution in [2.45, 2.75) is 19.6 Å². The van der Waals surface area contributed by atoms with Gasteiger partial charge in [-0.3, -0.25) is 0 Å². The van der Waals surface area contributed by atoms with Crippen molar-refractivity contribution in [2.75, 3.05) is 0 Å². The molecule has 8 rings (SSSR count). The Morgan fingerprint density at radius 3 is 2.17 bits per heavy atom. The minimum absolute atomic E-state index is 0. The Bertz CT molecular complexity index is 2480. The molecule has 8 aromatic rings. The molecule has 0 spiro atoms. The standard InChI is InChI=1S/C30H21N2O.C12H10N.Ir/c1-3-8-21(9-4-1)14-16-24-17-18-26-25-12-7-13-27(29(25)33-30(26)32-24)28-19-15-23(20-31-28)22-10-5-2-6-11-22;1-10-7-8-12(13-9-10)11-5-3-2-4-6-11;/h1-12,15,17-20H,14,16H2;2-5,7-9H,1H3;/q2*-1;/i14D2,16D2;1D3;. The zero-order chi connectivity index (χ0) is 37.2. The second-order valence-corrected chi connectivity index (χ2v) is 10.4. The fraction of sp³-hybridized carbons (Fsp3) is 0.0714. The molecule has 0 fully saturated rings. The van der Waals surface area contributed by atoms with Crippen molar-refractivity contribution in [2.24, 2.45) is 0 Å². The predicted octanol–water partition coefficient (Wildman–Crippen LogP) is 10.2. The van der Waals surface area contributed by atoms with E-state index in [4.69, 9.17) is 14.0 Å². The summed E-state index contributed by atoms with van der Waals surface area (Å²) < 4.78 is 62.3. The third-order valence-electron chi connectivity index (χ3n) is 7.28. The van der Waals surface area contributed by atoms with Crippen LogP contribution < -0.4 is 0 Å². The molecule has 0 amide bonds. The third-order valence-corrected chi connectivity index (χ3v) is 7.28. The van der Waals surface area contributed by atoms with Crippen LogP contribution in [0.15, 0.2) is 150 Å². The minimum atomic E-state index is -2.40. The smallest absolute Gasteiger partial charge is 0.216 e. The molecule has 4 aromatic carbocycles. The van der Waals surface area contributed by atoms with Crippen LogP contribution in [-0.4, -0.2) is 15.0 Å². The fourth-order valence-electron chi connectivity index (χ4n) is 4.99. The molecular weight excluding hydrogens is 755 g/mol. The molecule has 0 saturated carbocycles. The van der Waals surface area contributed by atoms with E-state index in [-0.39, 0.29) is 42.6 Å². The summed E-state index contributed by atoms with van der Waals surface area (Å²) in [5.74, 6) is 0. The SMILES string of the molecule is [2H]C([2H])([2H])c1ccc(-c2[c-]cccc2)nc1.[2H]C([2H])(c1ccccc1)C([2H])([2H])c1ccc2c(n1)oc1c(-c3ccc(-c4ccccc4)cn3)[c-]ccc12.[Ir]. The maximum Gasteiger partial charge on any atom is 0.216 e. The van der Waals surface area contributed by atoms with Crippen LogP contribution in [0.5, 0.6) is 0 Å². The maximum absolute atomic E-state index is 8.66. The molecule has 0 atom stereocenters. The molecule has 0 aliphatic rings. The Morgan fingerprint density at radius 1 is 0.660 bits per heavy atom. The first-order valence-corrected chi connectivity index (χ1v) is 14.7. The van der Waals surface area contributed by atoms with Crippen molar-refractivity contribution in [1.82, 2.24) is 15.0 Å². The van der Waals surface area contributed by atoms with Crippen molar-refractivity contribution in [3.63, 3.8) is 0 Å². The summed E-state index contributed by atoms with van der Waals surface area (Å²) >= 11 is 0. The minimum Gasteiger partial charge on any atom is -0.486 e. The Balaban J connectivity index is 0.000000246. The number of hydrogen-bond acceptors (Lipinski definition) is 4. The van der Waals surface area contributed by atoms with Gasteiger partial charge in [-0.2, -0.15) is 0 Å². The Labute approximate surface area is 298 Å². The van der Waals surface area contributed by atoms with Gasteiger partial charge >= 0.3 is 0 Å². The first-order chi connectivity index (χ1) is 25.4. The van der Waals surface area contributed by atoms with Crippen molar-refractivity contribution in [1.29, 1.82) is 0 Å². The van der Waals surface area contributed by atoms with E-state index in [2.05, 4.69) is 27.1 Å². The van der Waals surface area contributed by atoms with E-state index in [9.17, 15) is 0 Å².